The van der Waals surface area contributed by atoms with Gasteiger partial charge in [-0.25, -0.2) is 0 Å². The van der Waals surface area contributed by atoms with Gasteiger partial charge in [-0.1, -0.05) is 18.2 Å². The molecule has 0 bridgehead atoms. The van der Waals surface area contributed by atoms with E-state index in [2.05, 4.69) is 13.8 Å². The van der Waals surface area contributed by atoms with Crippen molar-refractivity contribution < 1.29 is 5.11 Å². The van der Waals surface area contributed by atoms with Crippen molar-refractivity contribution in [2.75, 3.05) is 0 Å². The Labute approximate surface area is 61.3 Å². The first-order chi connectivity index (χ1) is 4.74. The molecule has 0 heterocycles. The van der Waals surface area contributed by atoms with Crippen LogP contribution in [0.2, 0.25) is 0 Å². The lowest BCUT2D eigenvalue weighted by atomic mass is 10.1. The highest BCUT2D eigenvalue weighted by molar-refractivity contribution is 5.29. The fourth-order valence-electron chi connectivity index (χ4n) is 0.902. The van der Waals surface area contributed by atoms with E-state index in [-0.39, 0.29) is 6.61 Å². The van der Waals surface area contributed by atoms with Crippen LogP contribution in [-0.4, -0.2) is 5.11 Å². The second-order valence-corrected chi connectivity index (χ2v) is 2.58. The van der Waals surface area contributed by atoms with Gasteiger partial charge in [-0.3, -0.25) is 0 Å². The molecule has 0 aliphatic carbocycles. The van der Waals surface area contributed by atoms with Crippen LogP contribution in [0, 0.1) is 13.8 Å². The van der Waals surface area contributed by atoms with Crippen molar-refractivity contribution in [2.45, 2.75) is 20.5 Å². The van der Waals surface area contributed by atoms with Crippen LogP contribution in [0.3, 0.4) is 0 Å². The molecule has 0 unspecified atom stereocenters. The van der Waals surface area contributed by atoms with Gasteiger partial charge in [0.05, 0.1) is 6.61 Å². The van der Waals surface area contributed by atoms with Gasteiger partial charge >= 0.3 is 0 Å². The molecule has 1 aromatic rings. The van der Waals surface area contributed by atoms with Gasteiger partial charge in [-0.15, -0.1) is 0 Å². The first kappa shape index (κ1) is 7.29. The summed E-state index contributed by atoms with van der Waals surface area (Å²) in [5.74, 6) is 0. The molecule has 0 radical (unpaired) electrons. The van der Waals surface area contributed by atoms with Crippen LogP contribution in [-0.2, 0) is 6.61 Å². The third-order valence-corrected chi connectivity index (χ3v) is 1.75. The standard InChI is InChI=1S/C9H12O/c1-7-3-4-9(6-10)5-8(7)2/h3-5,10H,6H2,1-2H3. The van der Waals surface area contributed by atoms with E-state index in [0.29, 0.717) is 0 Å². The third-order valence-electron chi connectivity index (χ3n) is 1.75. The lowest BCUT2D eigenvalue weighted by molar-refractivity contribution is 0.282. The molecule has 0 amide bonds. The van der Waals surface area contributed by atoms with Crippen molar-refractivity contribution in [1.29, 1.82) is 0 Å². The number of hydrogen-bond donors (Lipinski definition) is 1. The summed E-state index contributed by atoms with van der Waals surface area (Å²) >= 11 is 0. The Hall–Kier alpha value is -0.820. The smallest absolute Gasteiger partial charge is 0.0681 e. The molecule has 0 fully saturated rings. The summed E-state index contributed by atoms with van der Waals surface area (Å²) in [6.07, 6.45) is 0. The second kappa shape index (κ2) is 2.84. The zero-order valence-corrected chi connectivity index (χ0v) is 6.39. The summed E-state index contributed by atoms with van der Waals surface area (Å²) in [5.41, 5.74) is 3.51. The molecule has 1 heteroatoms. The van der Waals surface area contributed by atoms with Gasteiger partial charge in [0.1, 0.15) is 0 Å². The summed E-state index contributed by atoms with van der Waals surface area (Å²) < 4.78 is 0. The van der Waals surface area contributed by atoms with Gasteiger partial charge in [-0.2, -0.15) is 0 Å². The van der Waals surface area contributed by atoms with E-state index in [1.165, 1.54) is 11.1 Å². The number of aliphatic hydroxyl groups is 1. The first-order valence-corrected chi connectivity index (χ1v) is 3.41. The SMILES string of the molecule is Cc1ccc(CO)cc1C. The molecule has 0 aliphatic heterocycles. The summed E-state index contributed by atoms with van der Waals surface area (Å²) in [6, 6.07) is 5.98. The zero-order valence-electron chi connectivity index (χ0n) is 6.39. The van der Waals surface area contributed by atoms with Crippen LogP contribution < -0.4 is 0 Å². The molecule has 1 rings (SSSR count). The van der Waals surface area contributed by atoms with Crippen molar-refractivity contribution in [1.82, 2.24) is 0 Å². The number of benzene rings is 1. The lowest BCUT2D eigenvalue weighted by Crippen LogP contribution is -1.86. The van der Waals surface area contributed by atoms with Crippen molar-refractivity contribution in [3.8, 4) is 0 Å². The highest BCUT2D eigenvalue weighted by Crippen LogP contribution is 2.08. The topological polar surface area (TPSA) is 20.2 Å². The van der Waals surface area contributed by atoms with E-state index in [4.69, 9.17) is 5.11 Å². The second-order valence-electron chi connectivity index (χ2n) is 2.58. The predicted molar refractivity (Wildman–Crippen MR) is 41.8 cm³/mol. The van der Waals surface area contributed by atoms with Crippen molar-refractivity contribution in [3.05, 3.63) is 34.9 Å². The van der Waals surface area contributed by atoms with Crippen molar-refractivity contribution in [2.24, 2.45) is 0 Å². The molecule has 0 aliphatic rings. The molecule has 0 atom stereocenters. The Balaban J connectivity index is 3.04. The molecule has 0 spiro atoms. The van der Waals surface area contributed by atoms with Crippen LogP contribution >= 0.6 is 0 Å². The van der Waals surface area contributed by atoms with Crippen molar-refractivity contribution >= 4 is 0 Å². The monoisotopic (exact) mass is 136 g/mol. The lowest BCUT2D eigenvalue weighted by Gasteiger charge is -2.00. The van der Waals surface area contributed by atoms with Gasteiger partial charge < -0.3 is 5.11 Å². The average Bonchev–Trinajstić information content (AvgIpc) is 1.95. The molecular formula is C9H12O. The molecular weight excluding hydrogens is 124 g/mol. The van der Waals surface area contributed by atoms with Crippen LogP contribution in [0.1, 0.15) is 16.7 Å². The number of hydrogen-bond acceptors (Lipinski definition) is 1. The van der Waals surface area contributed by atoms with Crippen LogP contribution in [0.4, 0.5) is 0 Å². The minimum absolute atomic E-state index is 0.140. The van der Waals surface area contributed by atoms with Crippen LogP contribution in [0.5, 0.6) is 0 Å². The minimum atomic E-state index is 0.140. The number of rotatable bonds is 1. The number of aryl methyl sites for hydroxylation is 2. The highest BCUT2D eigenvalue weighted by atomic mass is 16.3. The van der Waals surface area contributed by atoms with Gasteiger partial charge in [-0.05, 0) is 30.5 Å². The maximum Gasteiger partial charge on any atom is 0.0681 e. The fourth-order valence-corrected chi connectivity index (χ4v) is 0.902. The fraction of sp³-hybridized carbons (Fsp3) is 0.333. The average molecular weight is 136 g/mol. The Kier molecular flexibility index (Phi) is 2.07. The summed E-state index contributed by atoms with van der Waals surface area (Å²) in [7, 11) is 0. The molecule has 1 nitrogen and oxygen atoms in total. The summed E-state index contributed by atoms with van der Waals surface area (Å²) in [4.78, 5) is 0. The molecule has 0 saturated heterocycles. The van der Waals surface area contributed by atoms with Crippen LogP contribution in [0.25, 0.3) is 0 Å². The summed E-state index contributed by atoms with van der Waals surface area (Å²) in [6.45, 7) is 4.26. The molecule has 0 aromatic heterocycles. The Morgan fingerprint density at radius 3 is 2.40 bits per heavy atom. The van der Waals surface area contributed by atoms with E-state index in [1.807, 2.05) is 18.2 Å². The van der Waals surface area contributed by atoms with Gasteiger partial charge in [0.15, 0.2) is 0 Å². The molecule has 0 saturated carbocycles. The third kappa shape index (κ3) is 1.36. The summed E-state index contributed by atoms with van der Waals surface area (Å²) in [5, 5.41) is 8.75. The van der Waals surface area contributed by atoms with Gasteiger partial charge in [0.2, 0.25) is 0 Å². The maximum absolute atomic E-state index is 8.75. The van der Waals surface area contributed by atoms with E-state index < -0.39 is 0 Å². The Morgan fingerprint density at radius 2 is 1.90 bits per heavy atom. The van der Waals surface area contributed by atoms with Gasteiger partial charge in [0.25, 0.3) is 0 Å². The molecule has 10 heavy (non-hydrogen) atoms. The van der Waals surface area contributed by atoms with E-state index in [9.17, 15) is 0 Å². The predicted octanol–water partition coefficient (Wildman–Crippen LogP) is 1.80. The maximum atomic E-state index is 8.75. The van der Waals surface area contributed by atoms with E-state index >= 15 is 0 Å². The zero-order chi connectivity index (χ0) is 7.56. The van der Waals surface area contributed by atoms with E-state index in [1.54, 1.807) is 0 Å². The van der Waals surface area contributed by atoms with E-state index in [0.717, 1.165) is 5.56 Å². The molecule has 54 valence electrons. The van der Waals surface area contributed by atoms with Gasteiger partial charge in [0, 0.05) is 0 Å². The first-order valence-electron chi connectivity index (χ1n) is 3.41. The molecule has 1 aromatic carbocycles. The quantitative estimate of drug-likeness (QED) is 0.624. The minimum Gasteiger partial charge on any atom is -0.392 e. The van der Waals surface area contributed by atoms with Crippen LogP contribution in [0.15, 0.2) is 18.2 Å². The number of aliphatic hydroxyl groups excluding tert-OH is 1. The largest absolute Gasteiger partial charge is 0.392 e. The molecule has 1 N–H and O–H groups in total. The normalized spacial score (nSPS) is 9.90. The Bertz CT molecular complexity index is 228. The van der Waals surface area contributed by atoms with Crippen molar-refractivity contribution in [3.63, 3.8) is 0 Å². The highest BCUT2D eigenvalue weighted by Gasteiger charge is 1.92. The Morgan fingerprint density at radius 1 is 1.20 bits per heavy atom.